The van der Waals surface area contributed by atoms with Gasteiger partial charge in [0.05, 0.1) is 6.10 Å². The van der Waals surface area contributed by atoms with Gasteiger partial charge in [0.1, 0.15) is 0 Å². The molecule has 1 amide bonds. The van der Waals surface area contributed by atoms with Crippen LogP contribution in [0.15, 0.2) is 12.1 Å². The van der Waals surface area contributed by atoms with E-state index in [1.54, 1.807) is 7.11 Å². The number of nitrogens with zero attached hydrogens (tertiary/aromatic N) is 1. The first kappa shape index (κ1) is 13.9. The molecule has 0 saturated carbocycles. The number of methoxy groups -OCH3 is 1. The minimum atomic E-state index is 0.120. The maximum absolute atomic E-state index is 12.3. The second kappa shape index (κ2) is 5.61. The Bertz CT molecular complexity index is 485. The van der Waals surface area contributed by atoms with Gasteiger partial charge in [-0.1, -0.05) is 6.07 Å². The van der Waals surface area contributed by atoms with Crippen LogP contribution in [0.25, 0.3) is 0 Å². The van der Waals surface area contributed by atoms with E-state index >= 15 is 0 Å². The highest BCUT2D eigenvalue weighted by molar-refractivity contribution is 5.96. The van der Waals surface area contributed by atoms with E-state index in [-0.39, 0.29) is 12.0 Å². The summed E-state index contributed by atoms with van der Waals surface area (Å²) in [7, 11) is 1.67. The number of hydrogen-bond acceptors (Lipinski definition) is 3. The molecule has 2 N–H and O–H groups in total. The molecule has 1 aliphatic heterocycles. The zero-order valence-corrected chi connectivity index (χ0v) is 11.9. The van der Waals surface area contributed by atoms with Crippen LogP contribution in [0.5, 0.6) is 0 Å². The maximum atomic E-state index is 12.3. The van der Waals surface area contributed by atoms with E-state index < -0.39 is 0 Å². The van der Waals surface area contributed by atoms with Gasteiger partial charge in [-0.05, 0) is 43.9 Å². The van der Waals surface area contributed by atoms with Crippen LogP contribution in [-0.4, -0.2) is 25.7 Å². The first-order valence-corrected chi connectivity index (χ1v) is 6.75. The lowest BCUT2D eigenvalue weighted by Crippen LogP contribution is -2.29. The molecule has 1 aliphatic rings. The van der Waals surface area contributed by atoms with Crippen molar-refractivity contribution in [3.05, 3.63) is 23.3 Å². The van der Waals surface area contributed by atoms with Crippen LogP contribution in [0.4, 0.5) is 11.4 Å². The number of carbonyl (C=O) groups excluding carboxylic acids is 1. The Hall–Kier alpha value is -1.55. The zero-order chi connectivity index (χ0) is 14.0. The summed E-state index contributed by atoms with van der Waals surface area (Å²) in [6.45, 7) is 4.74. The minimum absolute atomic E-state index is 0.120. The summed E-state index contributed by atoms with van der Waals surface area (Å²) in [4.78, 5) is 14.1. The molecular weight excluding hydrogens is 240 g/mol. The van der Waals surface area contributed by atoms with Crippen LogP contribution < -0.4 is 10.6 Å². The molecule has 1 aromatic carbocycles. The highest BCUT2D eigenvalue weighted by Crippen LogP contribution is 2.32. The molecule has 1 aromatic rings. The van der Waals surface area contributed by atoms with Crippen LogP contribution in [0.2, 0.25) is 0 Å². The Balaban J connectivity index is 2.09. The molecule has 0 aliphatic carbocycles. The predicted octanol–water partition coefficient (Wildman–Crippen LogP) is 2.28. The van der Waals surface area contributed by atoms with Crippen LogP contribution in [0.3, 0.4) is 0 Å². The number of nitrogens with two attached hydrogens (primary N) is 1. The number of nitrogen functional groups attached to an aromatic ring is 1. The van der Waals surface area contributed by atoms with Gasteiger partial charge in [0, 0.05) is 31.5 Å². The number of amides is 1. The summed E-state index contributed by atoms with van der Waals surface area (Å²) in [6, 6.07) is 4.02. The van der Waals surface area contributed by atoms with E-state index in [4.69, 9.17) is 10.5 Å². The van der Waals surface area contributed by atoms with Gasteiger partial charge in [0.2, 0.25) is 5.91 Å². The lowest BCUT2D eigenvalue weighted by molar-refractivity contribution is -0.119. The summed E-state index contributed by atoms with van der Waals surface area (Å²) < 4.78 is 5.18. The largest absolute Gasteiger partial charge is 0.398 e. The third kappa shape index (κ3) is 2.89. The van der Waals surface area contributed by atoms with E-state index in [0.717, 1.165) is 36.3 Å². The molecule has 0 fully saturated rings. The molecule has 4 nitrogen and oxygen atoms in total. The Labute approximate surface area is 114 Å². The molecule has 19 heavy (non-hydrogen) atoms. The summed E-state index contributed by atoms with van der Waals surface area (Å²) in [5.41, 5.74) is 9.99. The number of aryl methyl sites for hydroxylation is 1. The monoisotopic (exact) mass is 262 g/mol. The van der Waals surface area contributed by atoms with Crippen molar-refractivity contribution < 1.29 is 9.53 Å². The zero-order valence-electron chi connectivity index (χ0n) is 11.9. The van der Waals surface area contributed by atoms with Gasteiger partial charge < -0.3 is 15.4 Å². The first-order chi connectivity index (χ1) is 9.02. The van der Waals surface area contributed by atoms with Crippen molar-refractivity contribution in [2.45, 2.75) is 39.2 Å². The van der Waals surface area contributed by atoms with Crippen LogP contribution in [-0.2, 0) is 16.0 Å². The molecule has 2 rings (SSSR count). The van der Waals surface area contributed by atoms with E-state index in [2.05, 4.69) is 6.07 Å². The Morgan fingerprint density at radius 3 is 2.95 bits per heavy atom. The molecule has 1 unspecified atom stereocenters. The average Bonchev–Trinajstić information content (AvgIpc) is 2.79. The third-order valence-electron chi connectivity index (χ3n) is 3.83. The second-order valence-corrected chi connectivity index (χ2v) is 5.22. The van der Waals surface area contributed by atoms with E-state index in [1.165, 1.54) is 5.56 Å². The Kier molecular flexibility index (Phi) is 4.10. The van der Waals surface area contributed by atoms with Crippen LogP contribution in [0.1, 0.15) is 30.9 Å². The summed E-state index contributed by atoms with van der Waals surface area (Å²) in [5, 5.41) is 0. The lowest BCUT2D eigenvalue weighted by atomic mass is 10.1. The molecule has 1 atom stereocenters. The fraction of sp³-hybridized carbons (Fsp3) is 0.533. The van der Waals surface area contributed by atoms with Crippen LogP contribution in [0, 0.1) is 6.92 Å². The van der Waals surface area contributed by atoms with Crippen LogP contribution >= 0.6 is 0 Å². The third-order valence-corrected chi connectivity index (χ3v) is 3.83. The van der Waals surface area contributed by atoms with Crippen molar-refractivity contribution in [1.29, 1.82) is 0 Å². The molecule has 4 heteroatoms. The Morgan fingerprint density at radius 2 is 2.26 bits per heavy atom. The van der Waals surface area contributed by atoms with Gasteiger partial charge in [-0.15, -0.1) is 0 Å². The van der Waals surface area contributed by atoms with Crippen molar-refractivity contribution in [2.75, 3.05) is 24.3 Å². The SMILES string of the molecule is COC(C)CCC(=O)N1CCc2cc(C)c(N)cc21. The minimum Gasteiger partial charge on any atom is -0.398 e. The second-order valence-electron chi connectivity index (χ2n) is 5.22. The van der Waals surface area contributed by atoms with Crippen molar-refractivity contribution >= 4 is 17.3 Å². The lowest BCUT2D eigenvalue weighted by Gasteiger charge is -2.19. The van der Waals surface area contributed by atoms with Gasteiger partial charge in [-0.2, -0.15) is 0 Å². The van der Waals surface area contributed by atoms with Crippen molar-refractivity contribution in [3.63, 3.8) is 0 Å². The number of hydrogen-bond donors (Lipinski definition) is 1. The van der Waals surface area contributed by atoms with Crippen molar-refractivity contribution in [3.8, 4) is 0 Å². The molecule has 1 heterocycles. The van der Waals surface area contributed by atoms with Crippen molar-refractivity contribution in [2.24, 2.45) is 0 Å². The highest BCUT2D eigenvalue weighted by atomic mass is 16.5. The normalized spacial score (nSPS) is 15.4. The Morgan fingerprint density at radius 1 is 1.53 bits per heavy atom. The van der Waals surface area contributed by atoms with E-state index in [0.29, 0.717) is 6.42 Å². The standard InChI is InChI=1S/C15H22N2O2/c1-10-8-12-6-7-17(14(12)9-13(10)16)15(18)5-4-11(2)19-3/h8-9,11H,4-7,16H2,1-3H3. The number of rotatable bonds is 4. The molecule has 0 spiro atoms. The summed E-state index contributed by atoms with van der Waals surface area (Å²) in [5.74, 6) is 0.158. The topological polar surface area (TPSA) is 55.6 Å². The van der Waals surface area contributed by atoms with E-state index in [9.17, 15) is 4.79 Å². The number of ether oxygens (including phenoxy) is 1. The first-order valence-electron chi connectivity index (χ1n) is 6.75. The fourth-order valence-electron chi connectivity index (χ4n) is 2.42. The number of benzene rings is 1. The molecule has 0 radical (unpaired) electrons. The van der Waals surface area contributed by atoms with Gasteiger partial charge in [0.15, 0.2) is 0 Å². The van der Waals surface area contributed by atoms with Gasteiger partial charge in [-0.3, -0.25) is 4.79 Å². The summed E-state index contributed by atoms with van der Waals surface area (Å²) in [6.07, 6.45) is 2.31. The smallest absolute Gasteiger partial charge is 0.227 e. The fourth-order valence-corrected chi connectivity index (χ4v) is 2.42. The van der Waals surface area contributed by atoms with Gasteiger partial charge in [-0.25, -0.2) is 0 Å². The molecule has 0 aromatic heterocycles. The van der Waals surface area contributed by atoms with Gasteiger partial charge >= 0.3 is 0 Å². The summed E-state index contributed by atoms with van der Waals surface area (Å²) >= 11 is 0. The average molecular weight is 262 g/mol. The maximum Gasteiger partial charge on any atom is 0.227 e. The highest BCUT2D eigenvalue weighted by Gasteiger charge is 2.25. The molecular formula is C15H22N2O2. The van der Waals surface area contributed by atoms with Gasteiger partial charge in [0.25, 0.3) is 0 Å². The number of anilines is 2. The molecule has 0 bridgehead atoms. The predicted molar refractivity (Wildman–Crippen MR) is 77.4 cm³/mol. The number of fused-ring (bicyclic) bond motifs is 1. The van der Waals surface area contributed by atoms with E-state index in [1.807, 2.05) is 24.8 Å². The quantitative estimate of drug-likeness (QED) is 0.847. The molecule has 0 saturated heterocycles. The molecule has 104 valence electrons. The van der Waals surface area contributed by atoms with Crippen molar-refractivity contribution in [1.82, 2.24) is 0 Å². The number of carbonyl (C=O) groups is 1.